The molecule has 0 heterocycles. The van der Waals surface area contributed by atoms with Gasteiger partial charge in [-0.25, -0.2) is 0 Å². The number of nitrogens with one attached hydrogen (secondary N) is 2. The summed E-state index contributed by atoms with van der Waals surface area (Å²) in [4.78, 5) is 24.5. The van der Waals surface area contributed by atoms with E-state index in [-0.39, 0.29) is 24.2 Å². The Hall–Kier alpha value is -1.88. The Bertz CT molecular complexity index is 617. The smallest absolute Gasteiger partial charge is 0.227 e. The Labute approximate surface area is 149 Å². The zero-order valence-electron chi connectivity index (χ0n) is 14.7. The van der Waals surface area contributed by atoms with Gasteiger partial charge < -0.3 is 15.7 Å². The zero-order chi connectivity index (χ0) is 17.7. The molecule has 2 fully saturated rings. The van der Waals surface area contributed by atoms with Gasteiger partial charge >= 0.3 is 0 Å². The molecule has 0 unspecified atom stereocenters. The van der Waals surface area contributed by atoms with Gasteiger partial charge in [0, 0.05) is 17.3 Å². The molecule has 2 aliphatic rings. The number of rotatable bonds is 5. The lowest BCUT2D eigenvalue weighted by atomic mass is 9.88. The lowest BCUT2D eigenvalue weighted by molar-refractivity contribution is -0.121. The Kier molecular flexibility index (Phi) is 5.74. The zero-order valence-corrected chi connectivity index (χ0v) is 14.7. The molecule has 2 amide bonds. The van der Waals surface area contributed by atoms with Crippen LogP contribution in [0.2, 0.25) is 0 Å². The maximum atomic E-state index is 12.3. The topological polar surface area (TPSA) is 78.4 Å². The molecule has 2 aliphatic carbocycles. The Balaban J connectivity index is 1.55. The van der Waals surface area contributed by atoms with Crippen molar-refractivity contribution in [1.82, 2.24) is 0 Å². The van der Waals surface area contributed by atoms with Crippen molar-refractivity contribution in [3.8, 4) is 0 Å². The third-order valence-electron chi connectivity index (χ3n) is 5.41. The Morgan fingerprint density at radius 2 is 1.64 bits per heavy atom. The van der Waals surface area contributed by atoms with Crippen LogP contribution >= 0.6 is 0 Å². The number of amides is 2. The molecule has 0 atom stereocenters. The number of carbonyl (C=O) groups is 2. The lowest BCUT2D eigenvalue weighted by Crippen LogP contribution is -2.30. The molecule has 0 aliphatic heterocycles. The summed E-state index contributed by atoms with van der Waals surface area (Å²) in [6, 6.07) is 7.22. The van der Waals surface area contributed by atoms with Crippen LogP contribution in [0.15, 0.2) is 24.3 Å². The molecule has 0 aromatic heterocycles. The predicted octanol–water partition coefficient (Wildman–Crippen LogP) is 3.84. The van der Waals surface area contributed by atoms with Crippen molar-refractivity contribution >= 4 is 23.2 Å². The molecule has 25 heavy (non-hydrogen) atoms. The first-order chi connectivity index (χ1) is 12.0. The number of anilines is 2. The van der Waals surface area contributed by atoms with E-state index in [0.717, 1.165) is 38.5 Å². The van der Waals surface area contributed by atoms with Gasteiger partial charge in [0.15, 0.2) is 0 Å². The molecule has 5 heteroatoms. The minimum Gasteiger partial charge on any atom is -0.389 e. The maximum absolute atomic E-state index is 12.3. The van der Waals surface area contributed by atoms with Gasteiger partial charge in [0.05, 0.1) is 12.0 Å². The molecule has 1 aromatic carbocycles. The molecular weight excluding hydrogens is 316 g/mol. The van der Waals surface area contributed by atoms with Crippen LogP contribution in [0.4, 0.5) is 11.4 Å². The summed E-state index contributed by atoms with van der Waals surface area (Å²) in [7, 11) is 0. The minimum absolute atomic E-state index is 0.0726. The molecule has 3 rings (SSSR count). The normalized spacial score (nSPS) is 20.2. The van der Waals surface area contributed by atoms with Crippen molar-refractivity contribution in [2.45, 2.75) is 69.8 Å². The van der Waals surface area contributed by atoms with Crippen LogP contribution in [-0.2, 0) is 9.59 Å². The number of aliphatic hydroxyl groups is 1. The summed E-state index contributed by atoms with van der Waals surface area (Å²) in [5.41, 5.74) is 0.498. The van der Waals surface area contributed by atoms with Gasteiger partial charge in [0.25, 0.3) is 0 Å². The van der Waals surface area contributed by atoms with Crippen molar-refractivity contribution < 1.29 is 14.7 Å². The standard InChI is InChI=1S/C20H28N2O3/c23-18(14-20(25)11-4-5-12-20)21-16-9-6-10-17(13-16)22-19(24)15-7-2-1-3-8-15/h6,9-10,13,15,25H,1-5,7-8,11-12,14H2,(H,21,23)(H,22,24). The quantitative estimate of drug-likeness (QED) is 0.759. The number of hydrogen-bond acceptors (Lipinski definition) is 3. The van der Waals surface area contributed by atoms with E-state index in [1.54, 1.807) is 12.1 Å². The molecular formula is C20H28N2O3. The average Bonchev–Trinajstić information content (AvgIpc) is 3.01. The average molecular weight is 344 g/mol. The van der Waals surface area contributed by atoms with Gasteiger partial charge in [-0.15, -0.1) is 0 Å². The monoisotopic (exact) mass is 344 g/mol. The summed E-state index contributed by atoms with van der Waals surface area (Å²) >= 11 is 0. The van der Waals surface area contributed by atoms with Crippen LogP contribution in [0.3, 0.4) is 0 Å². The van der Waals surface area contributed by atoms with Crippen LogP contribution in [-0.4, -0.2) is 22.5 Å². The van der Waals surface area contributed by atoms with Crippen LogP contribution in [0.25, 0.3) is 0 Å². The second-order valence-corrected chi connectivity index (χ2v) is 7.56. The molecule has 0 radical (unpaired) electrons. The molecule has 136 valence electrons. The van der Waals surface area contributed by atoms with Gasteiger partial charge in [-0.05, 0) is 43.9 Å². The first-order valence-electron chi connectivity index (χ1n) is 9.47. The second kappa shape index (κ2) is 8.00. The van der Waals surface area contributed by atoms with Gasteiger partial charge in [-0.2, -0.15) is 0 Å². The van der Waals surface area contributed by atoms with Crippen molar-refractivity contribution in [2.75, 3.05) is 10.6 Å². The highest BCUT2D eigenvalue weighted by atomic mass is 16.3. The molecule has 0 saturated heterocycles. The first-order valence-corrected chi connectivity index (χ1v) is 9.47. The fraction of sp³-hybridized carbons (Fsp3) is 0.600. The number of hydrogen-bond donors (Lipinski definition) is 3. The van der Waals surface area contributed by atoms with E-state index in [9.17, 15) is 14.7 Å². The molecule has 5 nitrogen and oxygen atoms in total. The van der Waals surface area contributed by atoms with E-state index in [2.05, 4.69) is 10.6 Å². The Morgan fingerprint density at radius 1 is 1.00 bits per heavy atom. The molecule has 0 spiro atoms. The highest BCUT2D eigenvalue weighted by Gasteiger charge is 2.33. The largest absolute Gasteiger partial charge is 0.389 e. The molecule has 1 aromatic rings. The number of carbonyl (C=O) groups excluding carboxylic acids is 2. The third kappa shape index (κ3) is 5.05. The van der Waals surface area contributed by atoms with Gasteiger partial charge in [0.2, 0.25) is 11.8 Å². The van der Waals surface area contributed by atoms with Crippen LogP contribution < -0.4 is 10.6 Å². The lowest BCUT2D eigenvalue weighted by Gasteiger charge is -2.22. The van der Waals surface area contributed by atoms with Gasteiger partial charge in [0.1, 0.15) is 0 Å². The van der Waals surface area contributed by atoms with E-state index in [1.807, 2.05) is 12.1 Å². The van der Waals surface area contributed by atoms with E-state index in [4.69, 9.17) is 0 Å². The van der Waals surface area contributed by atoms with Crippen molar-refractivity contribution in [3.63, 3.8) is 0 Å². The van der Waals surface area contributed by atoms with E-state index in [0.29, 0.717) is 24.2 Å². The van der Waals surface area contributed by atoms with Gasteiger partial charge in [-0.3, -0.25) is 9.59 Å². The predicted molar refractivity (Wildman–Crippen MR) is 98.3 cm³/mol. The first kappa shape index (κ1) is 17.9. The Morgan fingerprint density at radius 3 is 2.32 bits per heavy atom. The third-order valence-corrected chi connectivity index (χ3v) is 5.41. The van der Waals surface area contributed by atoms with Gasteiger partial charge in [-0.1, -0.05) is 38.2 Å². The van der Waals surface area contributed by atoms with Crippen molar-refractivity contribution in [3.05, 3.63) is 24.3 Å². The second-order valence-electron chi connectivity index (χ2n) is 7.56. The van der Waals surface area contributed by atoms with E-state index in [1.165, 1.54) is 6.42 Å². The highest BCUT2D eigenvalue weighted by Crippen LogP contribution is 2.32. The van der Waals surface area contributed by atoms with Crippen LogP contribution in [0, 0.1) is 5.92 Å². The summed E-state index contributed by atoms with van der Waals surface area (Å²) in [5.74, 6) is -0.00721. The summed E-state index contributed by atoms with van der Waals surface area (Å²) in [6.45, 7) is 0. The fourth-order valence-corrected chi connectivity index (χ4v) is 4.00. The van der Waals surface area contributed by atoms with E-state index < -0.39 is 5.60 Å². The molecule has 0 bridgehead atoms. The fourth-order valence-electron chi connectivity index (χ4n) is 4.00. The van der Waals surface area contributed by atoms with Crippen molar-refractivity contribution in [1.29, 1.82) is 0 Å². The van der Waals surface area contributed by atoms with Crippen LogP contribution in [0.1, 0.15) is 64.2 Å². The molecule has 2 saturated carbocycles. The minimum atomic E-state index is -0.850. The summed E-state index contributed by atoms with van der Waals surface area (Å²) in [5, 5.41) is 16.1. The molecule has 3 N–H and O–H groups in total. The van der Waals surface area contributed by atoms with Crippen LogP contribution in [0.5, 0.6) is 0 Å². The van der Waals surface area contributed by atoms with E-state index >= 15 is 0 Å². The van der Waals surface area contributed by atoms with Crippen molar-refractivity contribution in [2.24, 2.45) is 5.92 Å². The SMILES string of the molecule is O=C(CC1(O)CCCC1)Nc1cccc(NC(=O)C2CCCCC2)c1. The summed E-state index contributed by atoms with van der Waals surface area (Å²) < 4.78 is 0. The summed E-state index contributed by atoms with van der Waals surface area (Å²) in [6.07, 6.45) is 8.86. The highest BCUT2D eigenvalue weighted by molar-refractivity contribution is 5.95. The maximum Gasteiger partial charge on any atom is 0.227 e. The number of benzene rings is 1.